The largest absolute Gasteiger partial charge is 0.512 e. The van der Waals surface area contributed by atoms with E-state index < -0.39 is 8.07 Å². The van der Waals surface area contributed by atoms with Crippen molar-refractivity contribution < 1.29 is 32.7 Å². The standard InChI is InChI=1S/C30H31N2Si.C14H26O2.Ir/c1-18-12-23-22-14-19(17-30(2,3)4)8-9-25(22)32-26-16-21(33(5,6)7)15-20-10-11-31-28(27(20)26)24(13-18)29(23)32;1-6-11(7-2)12(15)10-13(16)14(5,8-3)9-4;/h8-12,14-16H,17H2,1-7H3;10-11,15H,6-9H2,1-5H3;/q-1;;/b;12-10-;/i10D,11D;;. The van der Waals surface area contributed by atoms with Crippen LogP contribution in [0, 0.1) is 29.7 Å². The molecule has 0 aliphatic rings. The summed E-state index contributed by atoms with van der Waals surface area (Å²) < 4.78 is 19.6. The van der Waals surface area contributed by atoms with Gasteiger partial charge in [-0.25, -0.2) is 0 Å². The molecule has 1 radical (unpaired) electrons. The number of hydrogen-bond acceptors (Lipinski definition) is 3. The summed E-state index contributed by atoms with van der Waals surface area (Å²) in [4.78, 5) is 16.7. The van der Waals surface area contributed by atoms with E-state index in [9.17, 15) is 9.90 Å². The van der Waals surface area contributed by atoms with Crippen LogP contribution in [0.2, 0.25) is 19.6 Å². The van der Waals surface area contributed by atoms with Gasteiger partial charge in [0.1, 0.15) is 0 Å². The minimum Gasteiger partial charge on any atom is -0.512 e. The second kappa shape index (κ2) is 14.9. The molecule has 0 aliphatic carbocycles. The number of ketones is 1. The summed E-state index contributed by atoms with van der Waals surface area (Å²) in [5.74, 6) is 0.437. The second-order valence-electron chi connectivity index (χ2n) is 16.6. The molecule has 0 spiro atoms. The van der Waals surface area contributed by atoms with Crippen LogP contribution in [0.15, 0.2) is 60.4 Å². The molecule has 0 saturated carbocycles. The van der Waals surface area contributed by atoms with E-state index in [1.165, 1.54) is 33.1 Å². The first-order valence-corrected chi connectivity index (χ1v) is 21.7. The average molecular weight is 868 g/mol. The Morgan fingerprint density at radius 1 is 1.00 bits per heavy atom. The third-order valence-corrected chi connectivity index (χ3v) is 12.6. The molecular formula is C44H57IrN2O2Si-. The topological polar surface area (TPSA) is 54.6 Å². The zero-order valence-electron chi connectivity index (χ0n) is 34.2. The molecule has 3 aromatic heterocycles. The fourth-order valence-corrected chi connectivity index (χ4v) is 8.25. The first-order chi connectivity index (χ1) is 23.8. The molecule has 0 amide bonds. The summed E-state index contributed by atoms with van der Waals surface area (Å²) in [5.41, 5.74) is 6.47. The van der Waals surface area contributed by atoms with E-state index in [0.29, 0.717) is 0 Å². The summed E-state index contributed by atoms with van der Waals surface area (Å²) >= 11 is 0. The second-order valence-corrected chi connectivity index (χ2v) is 21.7. The predicted octanol–water partition coefficient (Wildman–Crippen LogP) is 11.9. The Balaban J connectivity index is 0.000000305. The van der Waals surface area contributed by atoms with E-state index in [0.717, 1.165) is 70.4 Å². The van der Waals surface area contributed by atoms with Gasteiger partial charge in [0, 0.05) is 54.7 Å². The third kappa shape index (κ3) is 7.59. The van der Waals surface area contributed by atoms with Gasteiger partial charge in [0.25, 0.3) is 0 Å². The van der Waals surface area contributed by atoms with Gasteiger partial charge in [0.15, 0.2) is 5.78 Å². The van der Waals surface area contributed by atoms with Crippen molar-refractivity contribution in [2.75, 3.05) is 0 Å². The van der Waals surface area contributed by atoms with Crippen molar-refractivity contribution in [1.29, 1.82) is 0 Å². The van der Waals surface area contributed by atoms with Gasteiger partial charge in [-0.2, -0.15) is 0 Å². The molecule has 6 rings (SSSR count). The third-order valence-electron chi connectivity index (χ3n) is 10.6. The number of carbonyl (C=O) groups excluding carboxylic acids is 1. The van der Waals surface area contributed by atoms with Crippen LogP contribution in [0.4, 0.5) is 0 Å². The summed E-state index contributed by atoms with van der Waals surface area (Å²) in [6.45, 7) is 26.0. The molecule has 1 N–H and O–H groups in total. The van der Waals surface area contributed by atoms with Crippen LogP contribution in [0.5, 0.6) is 0 Å². The average Bonchev–Trinajstić information content (AvgIpc) is 3.38. The van der Waals surface area contributed by atoms with Crippen molar-refractivity contribution >= 4 is 68.0 Å². The number of hydrogen-bond donors (Lipinski definition) is 1. The van der Waals surface area contributed by atoms with Gasteiger partial charge in [0.2, 0.25) is 0 Å². The van der Waals surface area contributed by atoms with Crippen molar-refractivity contribution in [3.63, 3.8) is 0 Å². The smallest absolute Gasteiger partial charge is 0.164 e. The first kappa shape index (κ1) is 36.7. The number of rotatable bonds is 9. The predicted molar refractivity (Wildman–Crippen MR) is 215 cm³/mol. The number of aryl methyl sites for hydroxylation is 1. The zero-order chi connectivity index (χ0) is 37.8. The molecule has 3 heterocycles. The van der Waals surface area contributed by atoms with E-state index >= 15 is 0 Å². The molecule has 0 bridgehead atoms. The Morgan fingerprint density at radius 2 is 1.66 bits per heavy atom. The Hall–Kier alpha value is -3.05. The quantitative estimate of drug-likeness (QED) is 0.0393. The van der Waals surface area contributed by atoms with E-state index in [-0.39, 0.29) is 60.6 Å². The Kier molecular flexibility index (Phi) is 10.9. The van der Waals surface area contributed by atoms with Gasteiger partial charge in [-0.3, -0.25) is 4.79 Å². The fraction of sp³-hybridized carbons (Fsp3) is 0.455. The fourth-order valence-electron chi connectivity index (χ4n) is 7.10. The maximum Gasteiger partial charge on any atom is 0.164 e. The van der Waals surface area contributed by atoms with Gasteiger partial charge in [0.05, 0.1) is 16.6 Å². The van der Waals surface area contributed by atoms with Crippen molar-refractivity contribution in [3.8, 4) is 0 Å². The van der Waals surface area contributed by atoms with E-state index in [2.05, 4.69) is 99.2 Å². The van der Waals surface area contributed by atoms with Gasteiger partial charge >= 0.3 is 0 Å². The van der Waals surface area contributed by atoms with Crippen molar-refractivity contribution in [2.45, 2.75) is 114 Å². The summed E-state index contributed by atoms with van der Waals surface area (Å²) in [6, 6.07) is 17.4. The van der Waals surface area contributed by atoms with Crippen molar-refractivity contribution in [1.82, 2.24) is 9.38 Å². The van der Waals surface area contributed by atoms with Crippen LogP contribution >= 0.6 is 0 Å². The molecule has 4 nitrogen and oxygen atoms in total. The van der Waals surface area contributed by atoms with Crippen LogP contribution in [-0.2, 0) is 31.3 Å². The number of carbonyl (C=O) groups is 1. The monoisotopic (exact) mass is 868 g/mol. The van der Waals surface area contributed by atoms with Crippen LogP contribution in [0.3, 0.4) is 0 Å². The number of allylic oxidation sites excluding steroid dienone is 2. The minimum absolute atomic E-state index is 0. The van der Waals surface area contributed by atoms with Crippen molar-refractivity contribution in [3.05, 3.63) is 77.6 Å². The van der Waals surface area contributed by atoms with Crippen LogP contribution in [0.1, 0.15) is 94.9 Å². The van der Waals surface area contributed by atoms with Crippen LogP contribution < -0.4 is 5.19 Å². The van der Waals surface area contributed by atoms with Gasteiger partial charge in [-0.15, -0.1) is 17.7 Å². The minimum atomic E-state index is -1.68. The van der Waals surface area contributed by atoms with Gasteiger partial charge in [-0.1, -0.05) is 116 Å². The number of pyridine rings is 2. The maximum absolute atomic E-state index is 12.0. The number of benzene rings is 3. The van der Waals surface area contributed by atoms with Crippen molar-refractivity contribution in [2.24, 2.45) is 16.7 Å². The molecule has 6 aromatic rings. The normalized spacial score (nSPS) is 13.7. The van der Waals surface area contributed by atoms with E-state index in [1.807, 2.05) is 34.6 Å². The van der Waals surface area contributed by atoms with Gasteiger partial charge in [-0.05, 0) is 88.4 Å². The molecule has 50 heavy (non-hydrogen) atoms. The summed E-state index contributed by atoms with van der Waals surface area (Å²) in [5, 5.41) is 16.4. The number of aromatic nitrogens is 2. The zero-order valence-corrected chi connectivity index (χ0v) is 35.6. The van der Waals surface area contributed by atoms with E-state index in [4.69, 9.17) is 2.74 Å². The number of aliphatic hydroxyl groups excluding tert-OH is 1. The Morgan fingerprint density at radius 3 is 2.24 bits per heavy atom. The molecule has 0 saturated heterocycles. The van der Waals surface area contributed by atoms with Crippen LogP contribution in [0.25, 0.3) is 49.0 Å². The number of aliphatic hydroxyl groups is 1. The molecule has 0 unspecified atom stereocenters. The molecule has 6 heteroatoms. The van der Waals surface area contributed by atoms with Crippen LogP contribution in [-0.4, -0.2) is 28.3 Å². The van der Waals surface area contributed by atoms with Gasteiger partial charge < -0.3 is 14.5 Å². The number of fused-ring (bicyclic) bond motifs is 5. The molecule has 3 aromatic carbocycles. The maximum atomic E-state index is 12.0. The number of nitrogens with zero attached hydrogens (tertiary/aromatic N) is 2. The molecule has 0 atom stereocenters. The molecular weight excluding hydrogens is 809 g/mol. The molecule has 0 aliphatic heterocycles. The Labute approximate surface area is 317 Å². The molecule has 269 valence electrons. The molecule has 0 fully saturated rings. The van der Waals surface area contributed by atoms with E-state index in [1.54, 1.807) is 0 Å². The SMILES string of the molecule is CCC(CC)/C(O)=C/C(=O)C(C)(CC)CC.[2H]c1nc2c3[c-]c(C)cc4c5cc(CC(C)(C)C)ccc5n(c5cc([Si](C)(C)C)cc(c1[2H])c25)c34.[Ir]. The Bertz CT molecular complexity index is 2290. The summed E-state index contributed by atoms with van der Waals surface area (Å²) in [7, 11) is -1.68. The summed E-state index contributed by atoms with van der Waals surface area (Å²) in [6.07, 6.45) is 5.88. The first-order valence-electron chi connectivity index (χ1n) is 19.2.